The number of esters is 2. The molecule has 0 heterocycles. The zero-order valence-corrected chi connectivity index (χ0v) is 12.4. The van der Waals surface area contributed by atoms with E-state index in [-0.39, 0.29) is 0 Å². The molecule has 0 amide bonds. The summed E-state index contributed by atoms with van der Waals surface area (Å²) in [5, 5.41) is 0. The van der Waals surface area contributed by atoms with Crippen LogP contribution in [0.1, 0.15) is 39.2 Å². The molecular formula is C16H19FO4. The molecule has 0 N–H and O–H groups in total. The second-order valence-electron chi connectivity index (χ2n) is 4.54. The number of benzene rings is 1. The van der Waals surface area contributed by atoms with Crippen molar-refractivity contribution in [3.8, 4) is 0 Å². The number of hydrogen-bond acceptors (Lipinski definition) is 4. The molecule has 0 atom stereocenters. The Balaban J connectivity index is 3.13. The van der Waals surface area contributed by atoms with Gasteiger partial charge in [-0.2, -0.15) is 0 Å². The van der Waals surface area contributed by atoms with E-state index in [1.165, 1.54) is 19.9 Å². The van der Waals surface area contributed by atoms with Crippen LogP contribution in [0.25, 0.3) is 6.08 Å². The molecule has 1 aromatic carbocycles. The molecule has 0 aliphatic carbocycles. The van der Waals surface area contributed by atoms with Gasteiger partial charge in [-0.1, -0.05) is 31.5 Å². The molecule has 4 nitrogen and oxygen atoms in total. The molecule has 1 aromatic rings. The molecule has 1 rings (SSSR count). The van der Waals surface area contributed by atoms with Crippen LogP contribution >= 0.6 is 0 Å². The molecule has 0 aliphatic heterocycles. The zero-order chi connectivity index (χ0) is 15.8. The molecular weight excluding hydrogens is 275 g/mol. The van der Waals surface area contributed by atoms with Crippen molar-refractivity contribution in [2.45, 2.75) is 39.9 Å². The highest BCUT2D eigenvalue weighted by Gasteiger charge is 2.20. The van der Waals surface area contributed by atoms with Crippen molar-refractivity contribution in [2.24, 2.45) is 0 Å². The van der Waals surface area contributed by atoms with Gasteiger partial charge in [0.25, 0.3) is 6.29 Å². The van der Waals surface area contributed by atoms with Gasteiger partial charge in [0.05, 0.1) is 0 Å². The lowest BCUT2D eigenvalue weighted by Crippen LogP contribution is -2.24. The Morgan fingerprint density at radius 1 is 1.19 bits per heavy atom. The minimum Gasteiger partial charge on any atom is -0.421 e. The standard InChI is InChI=1S/C16H19FO4/c1-4-7-14(10-13-8-5-6-9-15(13)17)16(20-11(2)18)21-12(3)19/h5-6,8-10,16H,4,7H2,1-3H3. The predicted molar refractivity (Wildman–Crippen MR) is 76.6 cm³/mol. The summed E-state index contributed by atoms with van der Waals surface area (Å²) in [5.74, 6) is -1.54. The smallest absolute Gasteiger partial charge is 0.305 e. The monoisotopic (exact) mass is 294 g/mol. The molecule has 0 radical (unpaired) electrons. The van der Waals surface area contributed by atoms with Gasteiger partial charge in [-0.15, -0.1) is 0 Å². The fraction of sp³-hybridized carbons (Fsp3) is 0.375. The maximum Gasteiger partial charge on any atom is 0.305 e. The van der Waals surface area contributed by atoms with E-state index in [0.717, 1.165) is 6.42 Å². The van der Waals surface area contributed by atoms with Crippen LogP contribution in [0.5, 0.6) is 0 Å². The van der Waals surface area contributed by atoms with Crippen molar-refractivity contribution in [1.29, 1.82) is 0 Å². The van der Waals surface area contributed by atoms with Gasteiger partial charge in [0.15, 0.2) is 0 Å². The van der Waals surface area contributed by atoms with Crippen molar-refractivity contribution in [3.05, 3.63) is 41.2 Å². The Morgan fingerprint density at radius 2 is 1.76 bits per heavy atom. The van der Waals surface area contributed by atoms with E-state index in [4.69, 9.17) is 9.47 Å². The summed E-state index contributed by atoms with van der Waals surface area (Å²) < 4.78 is 23.7. The molecule has 0 saturated carbocycles. The van der Waals surface area contributed by atoms with Crippen molar-refractivity contribution >= 4 is 18.0 Å². The van der Waals surface area contributed by atoms with E-state index >= 15 is 0 Å². The Bertz CT molecular complexity index is 521. The third-order valence-electron chi connectivity index (χ3n) is 2.63. The molecule has 21 heavy (non-hydrogen) atoms. The number of halogens is 1. The normalized spacial score (nSPS) is 11.4. The lowest BCUT2D eigenvalue weighted by atomic mass is 10.1. The molecule has 0 aromatic heterocycles. The summed E-state index contributed by atoms with van der Waals surface area (Å²) in [6, 6.07) is 6.22. The van der Waals surface area contributed by atoms with Gasteiger partial charge in [-0.05, 0) is 18.6 Å². The maximum absolute atomic E-state index is 13.7. The molecule has 0 aliphatic rings. The highest BCUT2D eigenvalue weighted by atomic mass is 19.1. The van der Waals surface area contributed by atoms with Crippen LogP contribution in [0, 0.1) is 5.82 Å². The highest BCUT2D eigenvalue weighted by Crippen LogP contribution is 2.21. The predicted octanol–water partition coefficient (Wildman–Crippen LogP) is 3.46. The fourth-order valence-corrected chi connectivity index (χ4v) is 1.82. The van der Waals surface area contributed by atoms with Crippen molar-refractivity contribution in [2.75, 3.05) is 0 Å². The summed E-state index contributed by atoms with van der Waals surface area (Å²) in [7, 11) is 0. The first-order chi connectivity index (χ1) is 9.93. The minimum atomic E-state index is -1.13. The van der Waals surface area contributed by atoms with E-state index in [9.17, 15) is 14.0 Å². The van der Waals surface area contributed by atoms with Gasteiger partial charge in [0, 0.05) is 25.0 Å². The van der Waals surface area contributed by atoms with Gasteiger partial charge in [-0.3, -0.25) is 9.59 Å². The number of ether oxygens (including phenoxy) is 2. The van der Waals surface area contributed by atoms with E-state index in [0.29, 0.717) is 17.6 Å². The number of carbonyl (C=O) groups excluding carboxylic acids is 2. The van der Waals surface area contributed by atoms with Gasteiger partial charge in [-0.25, -0.2) is 4.39 Å². The molecule has 0 spiro atoms. The lowest BCUT2D eigenvalue weighted by Gasteiger charge is -2.19. The van der Waals surface area contributed by atoms with Crippen LogP contribution in [0.3, 0.4) is 0 Å². The maximum atomic E-state index is 13.7. The van der Waals surface area contributed by atoms with Crippen molar-refractivity contribution < 1.29 is 23.5 Å². The molecule has 0 saturated heterocycles. The van der Waals surface area contributed by atoms with E-state index in [2.05, 4.69) is 0 Å². The summed E-state index contributed by atoms with van der Waals surface area (Å²) in [5.41, 5.74) is 0.887. The minimum absolute atomic E-state index is 0.352. The summed E-state index contributed by atoms with van der Waals surface area (Å²) in [6.07, 6.45) is 1.67. The summed E-state index contributed by atoms with van der Waals surface area (Å²) in [4.78, 5) is 22.3. The topological polar surface area (TPSA) is 52.6 Å². The van der Waals surface area contributed by atoms with Gasteiger partial charge in [0.2, 0.25) is 0 Å². The average Bonchev–Trinajstić information content (AvgIpc) is 2.39. The summed E-state index contributed by atoms with van der Waals surface area (Å²) in [6.45, 7) is 4.38. The molecule has 5 heteroatoms. The van der Waals surface area contributed by atoms with Crippen molar-refractivity contribution in [1.82, 2.24) is 0 Å². The molecule has 0 unspecified atom stereocenters. The van der Waals surface area contributed by atoms with Crippen LogP contribution in [0.4, 0.5) is 4.39 Å². The van der Waals surface area contributed by atoms with Gasteiger partial charge < -0.3 is 9.47 Å². The van der Waals surface area contributed by atoms with Crippen molar-refractivity contribution in [3.63, 3.8) is 0 Å². The van der Waals surface area contributed by atoms with Gasteiger partial charge in [0.1, 0.15) is 5.82 Å². The third-order valence-corrected chi connectivity index (χ3v) is 2.63. The van der Waals surface area contributed by atoms with Crippen LogP contribution in [0.2, 0.25) is 0 Å². The Labute approximate surface area is 123 Å². The van der Waals surface area contributed by atoms with Crippen LogP contribution in [-0.4, -0.2) is 18.2 Å². The third kappa shape index (κ3) is 5.77. The Hall–Kier alpha value is -2.17. The Kier molecular flexibility index (Phi) is 6.59. The quantitative estimate of drug-likeness (QED) is 0.595. The van der Waals surface area contributed by atoms with Crippen LogP contribution in [-0.2, 0) is 19.1 Å². The largest absolute Gasteiger partial charge is 0.421 e. The first-order valence-electron chi connectivity index (χ1n) is 6.73. The average molecular weight is 294 g/mol. The first-order valence-corrected chi connectivity index (χ1v) is 6.73. The Morgan fingerprint density at radius 3 is 2.24 bits per heavy atom. The van der Waals surface area contributed by atoms with E-state index in [1.807, 2.05) is 6.92 Å². The number of hydrogen-bond donors (Lipinski definition) is 0. The molecule has 0 fully saturated rings. The van der Waals surface area contributed by atoms with Crippen LogP contribution in [0.15, 0.2) is 29.8 Å². The lowest BCUT2D eigenvalue weighted by molar-refractivity contribution is -0.178. The summed E-state index contributed by atoms with van der Waals surface area (Å²) >= 11 is 0. The fourth-order valence-electron chi connectivity index (χ4n) is 1.82. The van der Waals surface area contributed by atoms with Gasteiger partial charge >= 0.3 is 11.9 Å². The van der Waals surface area contributed by atoms with E-state index < -0.39 is 24.0 Å². The van der Waals surface area contributed by atoms with E-state index in [1.54, 1.807) is 24.3 Å². The van der Waals surface area contributed by atoms with Crippen LogP contribution < -0.4 is 0 Å². The zero-order valence-electron chi connectivity index (χ0n) is 12.4. The second kappa shape index (κ2) is 8.19. The SMILES string of the molecule is CCCC(=Cc1ccccc1F)C(OC(C)=O)OC(C)=O. The first kappa shape index (κ1) is 16.9. The number of carbonyl (C=O) groups is 2. The number of rotatable bonds is 6. The molecule has 0 bridgehead atoms. The second-order valence-corrected chi connectivity index (χ2v) is 4.54. The molecule has 114 valence electrons. The highest BCUT2D eigenvalue weighted by molar-refractivity contribution is 5.69.